The molecule has 0 amide bonds. The van der Waals surface area contributed by atoms with E-state index < -0.39 is 7.12 Å². The van der Waals surface area contributed by atoms with Crippen molar-refractivity contribution in [1.29, 1.82) is 0 Å². The molecule has 0 aliphatic carbocycles. The molecule has 1 aromatic carbocycles. The molecule has 0 spiro atoms. The summed E-state index contributed by atoms with van der Waals surface area (Å²) in [5, 5.41) is 17.7. The lowest BCUT2D eigenvalue weighted by molar-refractivity contribution is 0.425. The van der Waals surface area contributed by atoms with E-state index in [1.165, 1.54) is 6.08 Å². The number of carbonyl (C=O) groups excluding carboxylic acids is 1. The Hall–Kier alpha value is -1.42. The predicted molar refractivity (Wildman–Crippen MR) is 73.3 cm³/mol. The lowest BCUT2D eigenvalue weighted by Crippen LogP contribution is -2.29. The standard InChI is InChI=1S/C9H10BNO3.C4H10/c1-7(11-6-12)8-2-4-9(5-3-8)10(13)14;1-4(2)3/h2-5,7,13-14H,1H3;4H,1-3H3. The van der Waals surface area contributed by atoms with Crippen molar-refractivity contribution >= 4 is 18.7 Å². The molecule has 18 heavy (non-hydrogen) atoms. The fourth-order valence-electron chi connectivity index (χ4n) is 1.10. The molecule has 0 aliphatic heterocycles. The molecule has 1 unspecified atom stereocenters. The van der Waals surface area contributed by atoms with Crippen molar-refractivity contribution in [3.8, 4) is 0 Å². The minimum Gasteiger partial charge on any atom is -0.423 e. The maximum Gasteiger partial charge on any atom is 0.488 e. The molecule has 5 heteroatoms. The quantitative estimate of drug-likeness (QED) is 0.483. The van der Waals surface area contributed by atoms with Gasteiger partial charge in [-0.05, 0) is 23.9 Å². The molecule has 4 nitrogen and oxygen atoms in total. The Balaban J connectivity index is 0.000000631. The molecular weight excluding hydrogens is 229 g/mol. The van der Waals surface area contributed by atoms with Crippen molar-refractivity contribution in [1.82, 2.24) is 0 Å². The summed E-state index contributed by atoms with van der Waals surface area (Å²) < 4.78 is 0. The fourth-order valence-corrected chi connectivity index (χ4v) is 1.10. The van der Waals surface area contributed by atoms with Crippen LogP contribution in [-0.4, -0.2) is 23.2 Å². The molecule has 0 saturated carbocycles. The molecule has 0 heterocycles. The lowest BCUT2D eigenvalue weighted by Gasteiger charge is -2.05. The summed E-state index contributed by atoms with van der Waals surface area (Å²) in [7, 11) is -1.46. The highest BCUT2D eigenvalue weighted by Crippen LogP contribution is 2.13. The summed E-state index contributed by atoms with van der Waals surface area (Å²) in [6.07, 6.45) is 1.48. The van der Waals surface area contributed by atoms with Crippen LogP contribution >= 0.6 is 0 Å². The summed E-state index contributed by atoms with van der Waals surface area (Å²) in [4.78, 5) is 13.5. The minimum atomic E-state index is -1.46. The van der Waals surface area contributed by atoms with Gasteiger partial charge in [0, 0.05) is 0 Å². The van der Waals surface area contributed by atoms with E-state index in [1.54, 1.807) is 31.2 Å². The van der Waals surface area contributed by atoms with Crippen LogP contribution in [0.15, 0.2) is 29.3 Å². The predicted octanol–water partition coefficient (Wildman–Crippen LogP) is 1.43. The monoisotopic (exact) mass is 249 g/mol. The summed E-state index contributed by atoms with van der Waals surface area (Å²) in [5.41, 5.74) is 1.24. The van der Waals surface area contributed by atoms with Crippen molar-refractivity contribution in [2.45, 2.75) is 33.7 Å². The van der Waals surface area contributed by atoms with Crippen LogP contribution in [0.5, 0.6) is 0 Å². The molecule has 0 bridgehead atoms. The van der Waals surface area contributed by atoms with Gasteiger partial charge in [-0.25, -0.2) is 4.79 Å². The molecule has 0 fully saturated rings. The van der Waals surface area contributed by atoms with Gasteiger partial charge in [0.05, 0.1) is 6.04 Å². The highest BCUT2D eigenvalue weighted by molar-refractivity contribution is 6.58. The Morgan fingerprint density at radius 2 is 1.56 bits per heavy atom. The van der Waals surface area contributed by atoms with Crippen LogP contribution in [0.2, 0.25) is 0 Å². The number of hydrogen-bond donors (Lipinski definition) is 2. The second-order valence-corrected chi connectivity index (χ2v) is 4.67. The van der Waals surface area contributed by atoms with Crippen LogP contribution in [0.1, 0.15) is 39.3 Å². The van der Waals surface area contributed by atoms with Crippen molar-refractivity contribution in [2.24, 2.45) is 10.9 Å². The number of aliphatic imine (C=N–C) groups is 1. The molecule has 98 valence electrons. The van der Waals surface area contributed by atoms with Gasteiger partial charge in [0.2, 0.25) is 6.08 Å². The SMILES string of the molecule is CC(C)C.CC(N=C=O)c1ccc(B(O)O)cc1. The number of isocyanates is 1. The number of benzene rings is 1. The highest BCUT2D eigenvalue weighted by Gasteiger charge is 2.10. The largest absolute Gasteiger partial charge is 0.488 e. The first-order valence-electron chi connectivity index (χ1n) is 5.91. The highest BCUT2D eigenvalue weighted by atomic mass is 16.4. The van der Waals surface area contributed by atoms with E-state index in [0.717, 1.165) is 11.5 Å². The van der Waals surface area contributed by atoms with E-state index in [2.05, 4.69) is 25.8 Å². The van der Waals surface area contributed by atoms with E-state index >= 15 is 0 Å². The van der Waals surface area contributed by atoms with Gasteiger partial charge >= 0.3 is 7.12 Å². The van der Waals surface area contributed by atoms with Crippen molar-refractivity contribution in [2.75, 3.05) is 0 Å². The van der Waals surface area contributed by atoms with Gasteiger partial charge in [0.1, 0.15) is 0 Å². The Bertz CT molecular complexity index is 381. The second kappa shape index (κ2) is 8.64. The number of nitrogens with zero attached hydrogens (tertiary/aromatic N) is 1. The smallest absolute Gasteiger partial charge is 0.423 e. The average Bonchev–Trinajstić information content (AvgIpc) is 2.28. The molecule has 0 aliphatic rings. The first kappa shape index (κ1) is 16.6. The van der Waals surface area contributed by atoms with Crippen LogP contribution in [-0.2, 0) is 4.79 Å². The molecule has 2 N–H and O–H groups in total. The van der Waals surface area contributed by atoms with Gasteiger partial charge in [-0.3, -0.25) is 0 Å². The number of hydrogen-bond acceptors (Lipinski definition) is 4. The van der Waals surface area contributed by atoms with Gasteiger partial charge in [0.25, 0.3) is 0 Å². The van der Waals surface area contributed by atoms with Crippen molar-refractivity contribution in [3.05, 3.63) is 29.8 Å². The number of rotatable bonds is 3. The Labute approximate surface area is 109 Å². The zero-order valence-corrected chi connectivity index (χ0v) is 11.3. The topological polar surface area (TPSA) is 69.9 Å². The van der Waals surface area contributed by atoms with E-state index in [-0.39, 0.29) is 6.04 Å². The first-order chi connectivity index (χ1) is 8.38. The maximum atomic E-state index is 9.99. The normalized spacial score (nSPS) is 11.1. The maximum absolute atomic E-state index is 9.99. The Kier molecular flexibility index (Phi) is 7.96. The third-order valence-corrected chi connectivity index (χ3v) is 1.96. The zero-order valence-electron chi connectivity index (χ0n) is 11.3. The lowest BCUT2D eigenvalue weighted by atomic mass is 9.80. The average molecular weight is 249 g/mol. The fraction of sp³-hybridized carbons (Fsp3) is 0.462. The molecule has 1 atom stereocenters. The summed E-state index contributed by atoms with van der Waals surface area (Å²) in [6.45, 7) is 8.26. The minimum absolute atomic E-state index is 0.252. The molecular formula is C13H20BNO3. The van der Waals surface area contributed by atoms with Crippen LogP contribution in [0.25, 0.3) is 0 Å². The van der Waals surface area contributed by atoms with Crippen molar-refractivity contribution < 1.29 is 14.8 Å². The van der Waals surface area contributed by atoms with Crippen LogP contribution in [0.4, 0.5) is 0 Å². The van der Waals surface area contributed by atoms with E-state index in [4.69, 9.17) is 10.0 Å². The van der Waals surface area contributed by atoms with Crippen LogP contribution < -0.4 is 5.46 Å². The molecule has 1 rings (SSSR count). The molecule has 0 aromatic heterocycles. The van der Waals surface area contributed by atoms with Crippen LogP contribution in [0, 0.1) is 5.92 Å². The third kappa shape index (κ3) is 7.02. The Morgan fingerprint density at radius 1 is 1.11 bits per heavy atom. The van der Waals surface area contributed by atoms with E-state index in [0.29, 0.717) is 5.46 Å². The molecule has 1 aromatic rings. The molecule has 0 saturated heterocycles. The van der Waals surface area contributed by atoms with Crippen LogP contribution in [0.3, 0.4) is 0 Å². The van der Waals surface area contributed by atoms with Gasteiger partial charge in [-0.15, -0.1) is 0 Å². The van der Waals surface area contributed by atoms with E-state index in [9.17, 15) is 4.79 Å². The molecule has 0 radical (unpaired) electrons. The Morgan fingerprint density at radius 3 is 1.89 bits per heavy atom. The van der Waals surface area contributed by atoms with Gasteiger partial charge in [-0.1, -0.05) is 45.0 Å². The van der Waals surface area contributed by atoms with Gasteiger partial charge in [0.15, 0.2) is 0 Å². The first-order valence-corrected chi connectivity index (χ1v) is 5.91. The zero-order chi connectivity index (χ0) is 14.1. The van der Waals surface area contributed by atoms with Gasteiger partial charge < -0.3 is 10.0 Å². The van der Waals surface area contributed by atoms with E-state index in [1.807, 2.05) is 0 Å². The summed E-state index contributed by atoms with van der Waals surface area (Å²) in [6, 6.07) is 6.30. The van der Waals surface area contributed by atoms with Crippen molar-refractivity contribution in [3.63, 3.8) is 0 Å². The summed E-state index contributed by atoms with van der Waals surface area (Å²) in [5.74, 6) is 0.833. The third-order valence-electron chi connectivity index (χ3n) is 1.96. The van der Waals surface area contributed by atoms with Gasteiger partial charge in [-0.2, -0.15) is 4.99 Å². The summed E-state index contributed by atoms with van der Waals surface area (Å²) >= 11 is 0. The second-order valence-electron chi connectivity index (χ2n) is 4.67.